The van der Waals surface area contributed by atoms with Gasteiger partial charge in [-0.05, 0) is 37.0 Å². The fraction of sp³-hybridized carbons (Fsp3) is 0.929. The number of rotatable bonds is 2. The van der Waals surface area contributed by atoms with Crippen molar-refractivity contribution in [2.24, 2.45) is 23.7 Å². The van der Waals surface area contributed by atoms with Crippen molar-refractivity contribution < 1.29 is 9.90 Å². The second-order valence-electron chi connectivity index (χ2n) is 6.45. The lowest BCUT2D eigenvalue weighted by Crippen LogP contribution is -2.39. The predicted molar refractivity (Wildman–Crippen MR) is 67.8 cm³/mol. The van der Waals surface area contributed by atoms with Gasteiger partial charge in [-0.1, -0.05) is 20.8 Å². The van der Waals surface area contributed by atoms with Crippen molar-refractivity contribution in [3.05, 3.63) is 0 Å². The summed E-state index contributed by atoms with van der Waals surface area (Å²) < 4.78 is 0. The van der Waals surface area contributed by atoms with Gasteiger partial charge in [0.2, 0.25) is 0 Å². The Balaban J connectivity index is 1.97. The molecular formula is C14H25NO2. The summed E-state index contributed by atoms with van der Waals surface area (Å²) in [7, 11) is 0. The molecule has 4 unspecified atom stereocenters. The largest absolute Gasteiger partial charge is 0.481 e. The first-order valence-electron chi connectivity index (χ1n) is 6.94. The molecule has 0 aromatic rings. The van der Waals surface area contributed by atoms with Gasteiger partial charge in [-0.25, -0.2) is 0 Å². The van der Waals surface area contributed by atoms with Crippen LogP contribution in [0.2, 0.25) is 0 Å². The van der Waals surface area contributed by atoms with Gasteiger partial charge in [0.1, 0.15) is 0 Å². The highest BCUT2D eigenvalue weighted by Gasteiger charge is 2.39. The number of nitrogens with zero attached hydrogens (tertiary/aromatic N) is 1. The molecule has 0 aromatic heterocycles. The molecule has 98 valence electrons. The maximum absolute atomic E-state index is 11.1. The quantitative estimate of drug-likeness (QED) is 0.804. The number of carbonyl (C=O) groups is 1. The molecule has 2 rings (SSSR count). The standard InChI is InChI=1S/C14H25NO2/c1-9-4-10(2)6-12(5-9)15-7-11(3)13(8-15)14(16)17/h9-13H,4-8H2,1-3H3,(H,16,17). The van der Waals surface area contributed by atoms with Gasteiger partial charge >= 0.3 is 5.97 Å². The van der Waals surface area contributed by atoms with E-state index in [2.05, 4.69) is 25.7 Å². The normalized spacial score (nSPS) is 43.8. The highest BCUT2D eigenvalue weighted by atomic mass is 16.4. The lowest BCUT2D eigenvalue weighted by molar-refractivity contribution is -0.142. The predicted octanol–water partition coefficient (Wildman–Crippen LogP) is 2.46. The van der Waals surface area contributed by atoms with E-state index >= 15 is 0 Å². The summed E-state index contributed by atoms with van der Waals surface area (Å²) in [5, 5.41) is 9.18. The molecule has 1 N–H and O–H groups in total. The molecule has 1 aliphatic carbocycles. The molecule has 17 heavy (non-hydrogen) atoms. The van der Waals surface area contributed by atoms with Crippen LogP contribution in [-0.2, 0) is 4.79 Å². The summed E-state index contributed by atoms with van der Waals surface area (Å²) in [6.45, 7) is 8.48. The Kier molecular flexibility index (Phi) is 3.76. The average molecular weight is 239 g/mol. The fourth-order valence-corrected chi connectivity index (χ4v) is 3.83. The number of likely N-dealkylation sites (tertiary alicyclic amines) is 1. The van der Waals surface area contributed by atoms with E-state index < -0.39 is 5.97 Å². The SMILES string of the molecule is CC1CC(C)CC(N2CC(C)C(C(=O)O)C2)C1. The lowest BCUT2D eigenvalue weighted by Gasteiger charge is -2.37. The molecule has 3 heteroatoms. The second kappa shape index (κ2) is 4.97. The van der Waals surface area contributed by atoms with E-state index in [1.54, 1.807) is 0 Å². The molecule has 4 atom stereocenters. The van der Waals surface area contributed by atoms with Gasteiger partial charge in [-0.15, -0.1) is 0 Å². The number of aliphatic carboxylic acids is 1. The molecule has 1 heterocycles. The summed E-state index contributed by atoms with van der Waals surface area (Å²) in [6.07, 6.45) is 3.84. The molecule has 0 spiro atoms. The van der Waals surface area contributed by atoms with E-state index in [1.807, 2.05) is 0 Å². The maximum atomic E-state index is 11.1. The van der Waals surface area contributed by atoms with Crippen LogP contribution in [0.15, 0.2) is 0 Å². The Morgan fingerprint density at radius 2 is 1.65 bits per heavy atom. The van der Waals surface area contributed by atoms with Gasteiger partial charge in [0.25, 0.3) is 0 Å². The van der Waals surface area contributed by atoms with Crippen LogP contribution in [0.1, 0.15) is 40.0 Å². The summed E-state index contributed by atoms with van der Waals surface area (Å²) in [5.74, 6) is 1.13. The smallest absolute Gasteiger partial charge is 0.308 e. The van der Waals surface area contributed by atoms with Crippen LogP contribution in [0, 0.1) is 23.7 Å². The molecule has 1 saturated carbocycles. The minimum atomic E-state index is -0.614. The van der Waals surface area contributed by atoms with Crippen LogP contribution in [0.3, 0.4) is 0 Å². The Hall–Kier alpha value is -0.570. The van der Waals surface area contributed by atoms with E-state index in [1.165, 1.54) is 19.3 Å². The van der Waals surface area contributed by atoms with Gasteiger partial charge in [-0.3, -0.25) is 9.69 Å². The Bertz CT molecular complexity index is 282. The first-order valence-corrected chi connectivity index (χ1v) is 6.94. The van der Waals surface area contributed by atoms with Gasteiger partial charge in [0.15, 0.2) is 0 Å². The van der Waals surface area contributed by atoms with Gasteiger partial charge in [0, 0.05) is 19.1 Å². The number of carboxylic acids is 1. The molecule has 2 aliphatic rings. The highest BCUT2D eigenvalue weighted by molar-refractivity contribution is 5.71. The van der Waals surface area contributed by atoms with Crippen LogP contribution in [0.5, 0.6) is 0 Å². The van der Waals surface area contributed by atoms with Crippen molar-refractivity contribution in [2.45, 2.75) is 46.1 Å². The van der Waals surface area contributed by atoms with Gasteiger partial charge in [0.05, 0.1) is 5.92 Å². The van der Waals surface area contributed by atoms with Crippen LogP contribution < -0.4 is 0 Å². The molecule has 1 aliphatic heterocycles. The minimum absolute atomic E-state index is 0.150. The van der Waals surface area contributed by atoms with E-state index in [-0.39, 0.29) is 5.92 Å². The van der Waals surface area contributed by atoms with Gasteiger partial charge < -0.3 is 5.11 Å². The maximum Gasteiger partial charge on any atom is 0.308 e. The van der Waals surface area contributed by atoms with Crippen molar-refractivity contribution in [3.63, 3.8) is 0 Å². The topological polar surface area (TPSA) is 40.5 Å². The molecule has 0 aromatic carbocycles. The Morgan fingerprint density at radius 3 is 2.12 bits per heavy atom. The molecule has 2 fully saturated rings. The Labute approximate surface area is 104 Å². The van der Waals surface area contributed by atoms with Crippen molar-refractivity contribution in [1.29, 1.82) is 0 Å². The molecule has 0 amide bonds. The van der Waals surface area contributed by atoms with Crippen molar-refractivity contribution in [2.75, 3.05) is 13.1 Å². The van der Waals surface area contributed by atoms with E-state index in [0.29, 0.717) is 12.0 Å². The zero-order valence-corrected chi connectivity index (χ0v) is 11.2. The zero-order chi connectivity index (χ0) is 12.6. The van der Waals surface area contributed by atoms with Crippen LogP contribution >= 0.6 is 0 Å². The van der Waals surface area contributed by atoms with Crippen molar-refractivity contribution in [1.82, 2.24) is 4.90 Å². The van der Waals surface area contributed by atoms with E-state index in [0.717, 1.165) is 24.9 Å². The highest BCUT2D eigenvalue weighted by Crippen LogP contribution is 2.35. The summed E-state index contributed by atoms with van der Waals surface area (Å²) in [6, 6.07) is 0.626. The molecule has 0 bridgehead atoms. The van der Waals surface area contributed by atoms with Crippen LogP contribution in [0.4, 0.5) is 0 Å². The van der Waals surface area contributed by atoms with Crippen LogP contribution in [0.25, 0.3) is 0 Å². The Morgan fingerprint density at radius 1 is 1.06 bits per heavy atom. The molecule has 3 nitrogen and oxygen atoms in total. The molecule has 0 radical (unpaired) electrons. The first-order chi connectivity index (χ1) is 7.97. The third-order valence-electron chi connectivity index (χ3n) is 4.63. The number of hydrogen-bond acceptors (Lipinski definition) is 2. The molecular weight excluding hydrogens is 214 g/mol. The van der Waals surface area contributed by atoms with Crippen molar-refractivity contribution >= 4 is 5.97 Å². The van der Waals surface area contributed by atoms with Crippen molar-refractivity contribution in [3.8, 4) is 0 Å². The summed E-state index contributed by atoms with van der Waals surface area (Å²) in [4.78, 5) is 13.6. The number of carboxylic acid groups (broad SMARTS) is 1. The van der Waals surface area contributed by atoms with Crippen LogP contribution in [-0.4, -0.2) is 35.1 Å². The molecule has 1 saturated heterocycles. The summed E-state index contributed by atoms with van der Waals surface area (Å²) in [5.41, 5.74) is 0. The fourth-order valence-electron chi connectivity index (χ4n) is 3.83. The van der Waals surface area contributed by atoms with Gasteiger partial charge in [-0.2, -0.15) is 0 Å². The lowest BCUT2D eigenvalue weighted by atomic mass is 9.80. The third-order valence-corrected chi connectivity index (χ3v) is 4.63. The van der Waals surface area contributed by atoms with E-state index in [4.69, 9.17) is 0 Å². The third kappa shape index (κ3) is 2.82. The minimum Gasteiger partial charge on any atom is -0.481 e. The van der Waals surface area contributed by atoms with E-state index in [9.17, 15) is 9.90 Å². The summed E-state index contributed by atoms with van der Waals surface area (Å²) >= 11 is 0. The number of hydrogen-bond donors (Lipinski definition) is 1. The average Bonchev–Trinajstić information content (AvgIpc) is 2.59. The monoisotopic (exact) mass is 239 g/mol. The second-order valence-corrected chi connectivity index (χ2v) is 6.45. The first kappa shape index (κ1) is 12.9. The zero-order valence-electron chi connectivity index (χ0n) is 11.2.